The molecule has 0 radical (unpaired) electrons. The summed E-state index contributed by atoms with van der Waals surface area (Å²) in [5.41, 5.74) is 8.69. The lowest BCUT2D eigenvalue weighted by molar-refractivity contribution is 0.625. The predicted molar refractivity (Wildman–Crippen MR) is 73.7 cm³/mol. The summed E-state index contributed by atoms with van der Waals surface area (Å²) in [6.07, 6.45) is 0. The number of nitrogen functional groups attached to an aromatic ring is 1. The molecule has 2 N–H and O–H groups in total. The third-order valence-corrected chi connectivity index (χ3v) is 4.27. The summed E-state index contributed by atoms with van der Waals surface area (Å²) in [6, 6.07) is 2.08. The number of aromatic nitrogens is 4. The third-order valence-electron chi connectivity index (χ3n) is 2.65. The molecule has 0 atom stereocenters. The molecule has 5 nitrogen and oxygen atoms in total. The molecule has 92 valence electrons. The molecular formula is C11H11N5S2. The van der Waals surface area contributed by atoms with Gasteiger partial charge in [-0.3, -0.25) is 0 Å². The van der Waals surface area contributed by atoms with Crippen LogP contribution in [0, 0.1) is 6.92 Å². The summed E-state index contributed by atoms with van der Waals surface area (Å²) in [7, 11) is 0. The number of anilines is 1. The van der Waals surface area contributed by atoms with Crippen LogP contribution < -0.4 is 5.73 Å². The topological polar surface area (TPSA) is 69.6 Å². The maximum absolute atomic E-state index is 5.67. The average molecular weight is 277 g/mol. The van der Waals surface area contributed by atoms with Crippen molar-refractivity contribution in [2.45, 2.75) is 13.5 Å². The van der Waals surface area contributed by atoms with Crippen LogP contribution in [-0.4, -0.2) is 20.0 Å². The normalized spacial score (nSPS) is 10.9. The van der Waals surface area contributed by atoms with Crippen LogP contribution in [0.5, 0.6) is 0 Å². The van der Waals surface area contributed by atoms with Crippen LogP contribution in [0.1, 0.15) is 11.4 Å². The zero-order valence-corrected chi connectivity index (χ0v) is 11.3. The number of thiophene rings is 1. The standard InChI is InChI=1S/C11H11N5S2/c1-7-10(12)14-15-16(7)4-9-6-18-11(13-9)8-2-3-17-5-8/h2-3,5-6H,4,12H2,1H3. The van der Waals surface area contributed by atoms with E-state index in [-0.39, 0.29) is 0 Å². The van der Waals surface area contributed by atoms with Crippen LogP contribution in [0.3, 0.4) is 0 Å². The van der Waals surface area contributed by atoms with Gasteiger partial charge in [0.05, 0.1) is 17.9 Å². The van der Waals surface area contributed by atoms with Crippen LogP contribution in [0.2, 0.25) is 0 Å². The highest BCUT2D eigenvalue weighted by atomic mass is 32.1. The highest BCUT2D eigenvalue weighted by Gasteiger charge is 2.09. The highest BCUT2D eigenvalue weighted by molar-refractivity contribution is 7.14. The van der Waals surface area contributed by atoms with Crippen molar-refractivity contribution < 1.29 is 0 Å². The van der Waals surface area contributed by atoms with Crippen LogP contribution in [0.15, 0.2) is 22.2 Å². The first kappa shape index (κ1) is 11.4. The molecule has 0 aliphatic carbocycles. The summed E-state index contributed by atoms with van der Waals surface area (Å²) in [5, 5.41) is 15.1. The van der Waals surface area contributed by atoms with Crippen molar-refractivity contribution in [2.24, 2.45) is 0 Å². The Hall–Kier alpha value is -1.73. The van der Waals surface area contributed by atoms with Gasteiger partial charge in [-0.1, -0.05) is 5.21 Å². The van der Waals surface area contributed by atoms with Gasteiger partial charge in [0.1, 0.15) is 5.01 Å². The Morgan fingerprint density at radius 2 is 2.28 bits per heavy atom. The van der Waals surface area contributed by atoms with Crippen LogP contribution in [0.4, 0.5) is 5.82 Å². The largest absolute Gasteiger partial charge is 0.381 e. The third kappa shape index (κ3) is 2.02. The van der Waals surface area contributed by atoms with Crippen LogP contribution in [-0.2, 0) is 6.54 Å². The number of hydrogen-bond acceptors (Lipinski definition) is 6. The van der Waals surface area contributed by atoms with Crippen molar-refractivity contribution >= 4 is 28.5 Å². The van der Waals surface area contributed by atoms with Gasteiger partial charge >= 0.3 is 0 Å². The van der Waals surface area contributed by atoms with E-state index in [1.165, 1.54) is 5.56 Å². The van der Waals surface area contributed by atoms with Crippen molar-refractivity contribution in [2.75, 3.05) is 5.73 Å². The smallest absolute Gasteiger partial charge is 0.168 e. The molecule has 0 fully saturated rings. The maximum Gasteiger partial charge on any atom is 0.168 e. The number of hydrogen-bond donors (Lipinski definition) is 1. The molecule has 3 rings (SSSR count). The van der Waals surface area contributed by atoms with E-state index in [0.29, 0.717) is 12.4 Å². The van der Waals surface area contributed by atoms with Gasteiger partial charge < -0.3 is 5.73 Å². The van der Waals surface area contributed by atoms with Gasteiger partial charge in [0.15, 0.2) is 5.82 Å². The molecule has 0 aliphatic rings. The molecule has 18 heavy (non-hydrogen) atoms. The lowest BCUT2D eigenvalue weighted by atomic mass is 10.3. The minimum absolute atomic E-state index is 0.475. The highest BCUT2D eigenvalue weighted by Crippen LogP contribution is 2.26. The Labute approximate surface area is 112 Å². The monoisotopic (exact) mass is 277 g/mol. The lowest BCUT2D eigenvalue weighted by Crippen LogP contribution is -2.04. The van der Waals surface area contributed by atoms with Gasteiger partial charge in [-0.2, -0.15) is 11.3 Å². The van der Waals surface area contributed by atoms with E-state index in [1.807, 2.05) is 12.3 Å². The second-order valence-electron chi connectivity index (χ2n) is 3.87. The molecule has 0 aliphatic heterocycles. The van der Waals surface area contributed by atoms with Gasteiger partial charge in [-0.25, -0.2) is 9.67 Å². The predicted octanol–water partition coefficient (Wildman–Crippen LogP) is 2.40. The van der Waals surface area contributed by atoms with E-state index in [4.69, 9.17) is 5.73 Å². The van der Waals surface area contributed by atoms with E-state index < -0.39 is 0 Å². The van der Waals surface area contributed by atoms with Crippen molar-refractivity contribution in [3.05, 3.63) is 33.6 Å². The Balaban J connectivity index is 1.84. The molecule has 0 unspecified atom stereocenters. The summed E-state index contributed by atoms with van der Waals surface area (Å²) < 4.78 is 1.77. The average Bonchev–Trinajstić information content (AvgIpc) is 3.06. The molecule has 0 spiro atoms. The van der Waals surface area contributed by atoms with Crippen LogP contribution >= 0.6 is 22.7 Å². The molecule has 3 aromatic heterocycles. The minimum atomic E-state index is 0.475. The molecule has 0 amide bonds. The Morgan fingerprint density at radius 1 is 1.39 bits per heavy atom. The van der Waals surface area contributed by atoms with Gasteiger partial charge in [0.25, 0.3) is 0 Å². The fourth-order valence-electron chi connectivity index (χ4n) is 1.58. The van der Waals surface area contributed by atoms with E-state index in [2.05, 4.69) is 32.1 Å². The first-order valence-electron chi connectivity index (χ1n) is 5.36. The number of thiazole rings is 1. The zero-order chi connectivity index (χ0) is 12.5. The molecule has 3 heterocycles. The quantitative estimate of drug-likeness (QED) is 0.798. The molecule has 0 saturated heterocycles. The van der Waals surface area contributed by atoms with Gasteiger partial charge in [-0.15, -0.1) is 16.4 Å². The zero-order valence-electron chi connectivity index (χ0n) is 9.70. The van der Waals surface area contributed by atoms with Crippen LogP contribution in [0.25, 0.3) is 10.6 Å². The van der Waals surface area contributed by atoms with Gasteiger partial charge in [0, 0.05) is 16.3 Å². The fraction of sp³-hybridized carbons (Fsp3) is 0.182. The Morgan fingerprint density at radius 3 is 2.94 bits per heavy atom. The molecule has 3 aromatic rings. The van der Waals surface area contributed by atoms with Crippen molar-refractivity contribution in [3.63, 3.8) is 0 Å². The molecule has 0 saturated carbocycles. The SMILES string of the molecule is Cc1c(N)nnn1Cc1csc(-c2ccsc2)n1. The summed E-state index contributed by atoms with van der Waals surface area (Å²) in [4.78, 5) is 4.59. The van der Waals surface area contributed by atoms with Gasteiger partial charge in [-0.05, 0) is 18.4 Å². The summed E-state index contributed by atoms with van der Waals surface area (Å²) in [6.45, 7) is 2.51. The van der Waals surface area contributed by atoms with E-state index >= 15 is 0 Å². The van der Waals surface area contributed by atoms with Crippen molar-refractivity contribution in [1.29, 1.82) is 0 Å². The fourth-order valence-corrected chi connectivity index (χ4v) is 3.10. The summed E-state index contributed by atoms with van der Waals surface area (Å²) in [5.74, 6) is 0.475. The maximum atomic E-state index is 5.67. The summed E-state index contributed by atoms with van der Waals surface area (Å²) >= 11 is 3.32. The number of nitrogens with zero attached hydrogens (tertiary/aromatic N) is 4. The second-order valence-corrected chi connectivity index (χ2v) is 5.51. The van der Waals surface area contributed by atoms with Crippen molar-refractivity contribution in [1.82, 2.24) is 20.0 Å². The molecule has 0 aromatic carbocycles. The van der Waals surface area contributed by atoms with E-state index in [0.717, 1.165) is 16.4 Å². The van der Waals surface area contributed by atoms with Gasteiger partial charge in [0.2, 0.25) is 0 Å². The Bertz CT molecular complexity index is 653. The molecular weight excluding hydrogens is 266 g/mol. The lowest BCUT2D eigenvalue weighted by Gasteiger charge is -1.99. The second kappa shape index (κ2) is 4.51. The minimum Gasteiger partial charge on any atom is -0.381 e. The molecule has 7 heteroatoms. The van der Waals surface area contributed by atoms with E-state index in [9.17, 15) is 0 Å². The Kier molecular flexibility index (Phi) is 2.85. The number of nitrogens with two attached hydrogens (primary N) is 1. The number of rotatable bonds is 3. The molecule has 0 bridgehead atoms. The first-order chi connectivity index (χ1) is 8.74. The van der Waals surface area contributed by atoms with E-state index in [1.54, 1.807) is 27.4 Å². The first-order valence-corrected chi connectivity index (χ1v) is 7.19. The van der Waals surface area contributed by atoms with Crippen molar-refractivity contribution in [3.8, 4) is 10.6 Å².